The molecular formula is C71H121NO8. The summed E-state index contributed by atoms with van der Waals surface area (Å²) in [6, 6.07) is 0. The molecule has 0 aromatic heterocycles. The molecule has 0 aliphatic rings. The number of carboxylic acid groups (broad SMARTS) is 1. The Hall–Kier alpha value is -4.05. The van der Waals surface area contributed by atoms with Crippen molar-refractivity contribution in [2.24, 2.45) is 0 Å². The quantitative estimate of drug-likeness (QED) is 0.0195. The van der Waals surface area contributed by atoms with Crippen LogP contribution in [0.2, 0.25) is 0 Å². The summed E-state index contributed by atoms with van der Waals surface area (Å²) in [7, 11) is 5.91. The summed E-state index contributed by atoms with van der Waals surface area (Å²) >= 11 is 0. The summed E-state index contributed by atoms with van der Waals surface area (Å²) < 4.78 is 22.7. The van der Waals surface area contributed by atoms with Crippen LogP contribution < -0.4 is 5.11 Å². The summed E-state index contributed by atoms with van der Waals surface area (Å²) in [6.07, 6.45) is 81.5. The first-order chi connectivity index (χ1) is 39.1. The highest BCUT2D eigenvalue weighted by atomic mass is 16.7. The SMILES string of the molecule is CC/C=C\C/C=C\C/C=C\C/C=C\C/C=C\C/C=C\C/C=C\C/C=C\C/C=C\CCCCCC(=O)OC(COC(=O)CCCCCCCCCCCCCCCCCCCCCCCCCC)COC(OCC[N+](C)(C)C)C(=O)[O-]. The van der Waals surface area contributed by atoms with Gasteiger partial charge in [-0.15, -0.1) is 0 Å². The Morgan fingerprint density at radius 1 is 0.388 bits per heavy atom. The number of carboxylic acids is 1. The van der Waals surface area contributed by atoms with Crippen LogP contribution in [0.4, 0.5) is 0 Å². The third kappa shape index (κ3) is 61.6. The number of carbonyl (C=O) groups excluding carboxylic acids is 3. The molecule has 0 aromatic rings. The van der Waals surface area contributed by atoms with Gasteiger partial charge in [0.2, 0.25) is 0 Å². The highest BCUT2D eigenvalue weighted by Gasteiger charge is 2.22. The van der Waals surface area contributed by atoms with Crippen molar-refractivity contribution in [3.63, 3.8) is 0 Å². The standard InChI is InChI=1S/C71H121NO8/c1-6-8-10-12-14-16-18-20-22-24-26-28-30-32-33-34-35-36-37-38-40-42-44-46-48-50-52-54-56-58-60-62-69(74)80-67(66-79-71(70(75)76)77-64-63-72(3,4)5)65-78-68(73)61-59-57-55-53-51-49-47-45-43-41-39-31-29-27-25-23-21-19-17-15-13-11-9-7-2/h8,10,14,16,20,22,26,28,32-33,35-36,38,40,44,46,50,52,67,71H,6-7,9,11-13,15,17-19,21,23-25,27,29-31,34,37,39,41-43,45,47-49,51,53-66H2,1-5H3/b10-8-,16-14-,22-20-,28-26-,33-32-,36-35-,40-38-,46-44-,52-50-. The van der Waals surface area contributed by atoms with Gasteiger partial charge in [-0.3, -0.25) is 9.59 Å². The van der Waals surface area contributed by atoms with Crippen LogP contribution in [0.1, 0.15) is 264 Å². The zero-order valence-corrected chi connectivity index (χ0v) is 52.2. The second kappa shape index (κ2) is 61.0. The van der Waals surface area contributed by atoms with Gasteiger partial charge in [-0.2, -0.15) is 0 Å². The Balaban J connectivity index is 4.28. The molecule has 9 heteroatoms. The van der Waals surface area contributed by atoms with E-state index in [0.717, 1.165) is 96.3 Å². The molecule has 0 amide bonds. The van der Waals surface area contributed by atoms with Gasteiger partial charge in [0.15, 0.2) is 12.4 Å². The average Bonchev–Trinajstić information content (AvgIpc) is 3.43. The van der Waals surface area contributed by atoms with Crippen LogP contribution in [0.15, 0.2) is 109 Å². The number of carbonyl (C=O) groups is 3. The van der Waals surface area contributed by atoms with E-state index in [4.69, 9.17) is 18.9 Å². The van der Waals surface area contributed by atoms with E-state index >= 15 is 0 Å². The van der Waals surface area contributed by atoms with Crippen LogP contribution in [-0.2, 0) is 33.3 Å². The molecule has 0 radical (unpaired) electrons. The van der Waals surface area contributed by atoms with Gasteiger partial charge >= 0.3 is 11.9 Å². The molecule has 0 bridgehead atoms. The zero-order valence-electron chi connectivity index (χ0n) is 52.2. The van der Waals surface area contributed by atoms with Crippen molar-refractivity contribution >= 4 is 17.9 Å². The van der Waals surface area contributed by atoms with Crippen LogP contribution >= 0.6 is 0 Å². The molecule has 0 aliphatic carbocycles. The van der Waals surface area contributed by atoms with Crippen molar-refractivity contribution in [2.75, 3.05) is 47.5 Å². The smallest absolute Gasteiger partial charge is 0.306 e. The molecule has 0 N–H and O–H groups in total. The number of esters is 2. The van der Waals surface area contributed by atoms with Crippen LogP contribution in [0, 0.1) is 0 Å². The Kier molecular flexibility index (Phi) is 57.9. The van der Waals surface area contributed by atoms with E-state index in [0.29, 0.717) is 17.4 Å². The molecule has 0 saturated heterocycles. The number of likely N-dealkylation sites (N-methyl/N-ethyl adjacent to an activating group) is 1. The second-order valence-electron chi connectivity index (χ2n) is 22.7. The predicted molar refractivity (Wildman–Crippen MR) is 338 cm³/mol. The van der Waals surface area contributed by atoms with E-state index in [-0.39, 0.29) is 38.6 Å². The van der Waals surface area contributed by atoms with E-state index in [1.54, 1.807) is 0 Å². The maximum Gasteiger partial charge on any atom is 0.306 e. The first-order valence-corrected chi connectivity index (χ1v) is 32.5. The van der Waals surface area contributed by atoms with E-state index in [2.05, 4.69) is 123 Å². The number of hydrogen-bond acceptors (Lipinski definition) is 8. The number of allylic oxidation sites excluding steroid dienone is 18. The van der Waals surface area contributed by atoms with Gasteiger partial charge < -0.3 is 33.3 Å². The first-order valence-electron chi connectivity index (χ1n) is 32.5. The minimum Gasteiger partial charge on any atom is -0.545 e. The number of aliphatic carboxylic acids is 1. The van der Waals surface area contributed by atoms with E-state index in [1.165, 1.54) is 135 Å². The molecule has 9 nitrogen and oxygen atoms in total. The maximum atomic E-state index is 12.9. The van der Waals surface area contributed by atoms with Gasteiger partial charge in [0.05, 0.1) is 40.3 Å². The summed E-state index contributed by atoms with van der Waals surface area (Å²) in [6.45, 7) is 4.61. The molecule has 0 fully saturated rings. The molecule has 2 atom stereocenters. The van der Waals surface area contributed by atoms with Crippen LogP contribution in [-0.4, -0.2) is 82.3 Å². The van der Waals surface area contributed by atoms with Crippen molar-refractivity contribution < 1.29 is 42.9 Å². The van der Waals surface area contributed by atoms with Gasteiger partial charge in [0.25, 0.3) is 0 Å². The molecule has 80 heavy (non-hydrogen) atoms. The second-order valence-corrected chi connectivity index (χ2v) is 22.7. The molecular weight excluding hydrogens is 995 g/mol. The Bertz CT molecular complexity index is 1680. The molecule has 0 aliphatic heterocycles. The monoisotopic (exact) mass is 1120 g/mol. The lowest BCUT2D eigenvalue weighted by Crippen LogP contribution is -2.44. The number of quaternary nitrogens is 1. The van der Waals surface area contributed by atoms with Crippen LogP contribution in [0.3, 0.4) is 0 Å². The van der Waals surface area contributed by atoms with Crippen molar-refractivity contribution in [3.8, 4) is 0 Å². The molecule has 0 spiro atoms. The number of ether oxygens (including phenoxy) is 4. The van der Waals surface area contributed by atoms with Crippen molar-refractivity contribution in [1.82, 2.24) is 0 Å². The minimum atomic E-state index is -1.64. The number of nitrogens with zero attached hydrogens (tertiary/aromatic N) is 1. The highest BCUT2D eigenvalue weighted by molar-refractivity contribution is 5.70. The summed E-state index contributed by atoms with van der Waals surface area (Å²) in [5.41, 5.74) is 0. The van der Waals surface area contributed by atoms with E-state index in [1.807, 2.05) is 21.1 Å². The van der Waals surface area contributed by atoms with E-state index < -0.39 is 24.3 Å². The molecule has 0 rings (SSSR count). The van der Waals surface area contributed by atoms with Crippen LogP contribution in [0.5, 0.6) is 0 Å². The maximum absolute atomic E-state index is 12.9. The van der Waals surface area contributed by atoms with Gasteiger partial charge in [-0.05, 0) is 83.5 Å². The molecule has 0 aromatic carbocycles. The zero-order chi connectivity index (χ0) is 58.3. The largest absolute Gasteiger partial charge is 0.545 e. The molecule has 2 unspecified atom stereocenters. The normalized spacial score (nSPS) is 13.5. The number of unbranched alkanes of at least 4 members (excludes halogenated alkanes) is 26. The summed E-state index contributed by atoms with van der Waals surface area (Å²) in [5.74, 6) is -2.33. The summed E-state index contributed by atoms with van der Waals surface area (Å²) in [5, 5.41) is 11.8. The fourth-order valence-electron chi connectivity index (χ4n) is 8.82. The number of rotatable bonds is 59. The average molecular weight is 1120 g/mol. The first kappa shape index (κ1) is 76.0. The lowest BCUT2D eigenvalue weighted by atomic mass is 10.0. The number of hydrogen-bond donors (Lipinski definition) is 0. The Labute approximate surface area is 492 Å². The van der Waals surface area contributed by atoms with Crippen LogP contribution in [0.25, 0.3) is 0 Å². The van der Waals surface area contributed by atoms with Crippen molar-refractivity contribution in [2.45, 2.75) is 277 Å². The topological polar surface area (TPSA) is 111 Å². The minimum absolute atomic E-state index is 0.136. The predicted octanol–water partition coefficient (Wildman–Crippen LogP) is 18.5. The van der Waals surface area contributed by atoms with Gasteiger partial charge in [-0.1, -0.05) is 277 Å². The third-order valence-corrected chi connectivity index (χ3v) is 13.8. The molecule has 0 heterocycles. The summed E-state index contributed by atoms with van der Waals surface area (Å²) in [4.78, 5) is 37.4. The van der Waals surface area contributed by atoms with Crippen molar-refractivity contribution in [3.05, 3.63) is 109 Å². The highest BCUT2D eigenvalue weighted by Crippen LogP contribution is 2.17. The fourth-order valence-corrected chi connectivity index (χ4v) is 8.82. The van der Waals surface area contributed by atoms with Crippen molar-refractivity contribution in [1.29, 1.82) is 0 Å². The molecule has 0 saturated carbocycles. The van der Waals surface area contributed by atoms with E-state index in [9.17, 15) is 19.5 Å². The lowest BCUT2D eigenvalue weighted by molar-refractivity contribution is -0.870. The third-order valence-electron chi connectivity index (χ3n) is 13.8. The molecule has 458 valence electrons. The van der Waals surface area contributed by atoms with Gasteiger partial charge in [-0.25, -0.2) is 0 Å². The lowest BCUT2D eigenvalue weighted by Gasteiger charge is -2.26. The van der Waals surface area contributed by atoms with Gasteiger partial charge in [0.1, 0.15) is 13.2 Å². The van der Waals surface area contributed by atoms with Gasteiger partial charge in [0, 0.05) is 12.8 Å². The Morgan fingerprint density at radius 2 is 0.713 bits per heavy atom. The fraction of sp³-hybridized carbons (Fsp3) is 0.704. The Morgan fingerprint density at radius 3 is 1.06 bits per heavy atom.